The number of carbonyl (C=O) groups is 2. The van der Waals surface area contributed by atoms with Gasteiger partial charge >= 0.3 is 11.9 Å². The number of carbonyl (C=O) groups excluding carboxylic acids is 2. The molecule has 1 heterocycles. The molecule has 1 aliphatic rings. The van der Waals surface area contributed by atoms with Crippen LogP contribution < -0.4 is 0 Å². The van der Waals surface area contributed by atoms with Crippen molar-refractivity contribution < 1.29 is 23.8 Å². The Kier molecular flexibility index (Phi) is 5.14. The molecule has 0 radical (unpaired) electrons. The lowest BCUT2D eigenvalue weighted by atomic mass is 9.82. The van der Waals surface area contributed by atoms with Crippen LogP contribution in [-0.4, -0.2) is 36.9 Å². The molecule has 1 rings (SSSR count). The highest BCUT2D eigenvalue weighted by molar-refractivity contribution is 5.66. The highest BCUT2D eigenvalue weighted by Crippen LogP contribution is 2.32. The summed E-state index contributed by atoms with van der Waals surface area (Å²) in [5.74, 6) is -0.288. The summed E-state index contributed by atoms with van der Waals surface area (Å²) in [6.45, 7) is 8.94. The topological polar surface area (TPSA) is 61.8 Å². The number of esters is 2. The lowest BCUT2D eigenvalue weighted by molar-refractivity contribution is -0.199. The molecular weight excluding hydrogens is 236 g/mol. The molecule has 0 spiro atoms. The zero-order valence-electron chi connectivity index (χ0n) is 11.6. The van der Waals surface area contributed by atoms with Crippen molar-refractivity contribution >= 4 is 11.9 Å². The molecule has 5 nitrogen and oxygen atoms in total. The lowest BCUT2D eigenvalue weighted by Gasteiger charge is -2.42. The van der Waals surface area contributed by atoms with E-state index in [1.807, 2.05) is 20.8 Å². The summed E-state index contributed by atoms with van der Waals surface area (Å²) in [7, 11) is 0. The third-order valence-electron chi connectivity index (χ3n) is 3.54. The maximum Gasteiger partial charge on any atom is 0.303 e. The second-order valence-corrected chi connectivity index (χ2v) is 4.97. The van der Waals surface area contributed by atoms with E-state index < -0.39 is 0 Å². The number of ether oxygens (including phenoxy) is 3. The molecule has 0 aliphatic carbocycles. The first-order chi connectivity index (χ1) is 8.32. The Morgan fingerprint density at radius 1 is 1.06 bits per heavy atom. The van der Waals surface area contributed by atoms with Crippen molar-refractivity contribution in [2.45, 2.75) is 52.9 Å². The van der Waals surface area contributed by atoms with Crippen LogP contribution in [0, 0.1) is 11.8 Å². The van der Waals surface area contributed by atoms with Crippen molar-refractivity contribution in [1.29, 1.82) is 0 Å². The van der Waals surface area contributed by atoms with Crippen LogP contribution in [0.2, 0.25) is 0 Å². The second kappa shape index (κ2) is 6.18. The largest absolute Gasteiger partial charge is 0.463 e. The molecule has 1 aliphatic heterocycles. The van der Waals surface area contributed by atoms with Crippen LogP contribution in [-0.2, 0) is 23.8 Å². The van der Waals surface area contributed by atoms with E-state index in [-0.39, 0.29) is 48.7 Å². The van der Waals surface area contributed by atoms with Crippen molar-refractivity contribution in [2.75, 3.05) is 6.61 Å². The molecular formula is C13H22O5. The minimum Gasteiger partial charge on any atom is -0.463 e. The zero-order chi connectivity index (χ0) is 13.9. The summed E-state index contributed by atoms with van der Waals surface area (Å²) in [5, 5.41) is 0. The summed E-state index contributed by atoms with van der Waals surface area (Å²) < 4.78 is 16.1. The van der Waals surface area contributed by atoms with Gasteiger partial charge in [0.1, 0.15) is 12.7 Å². The van der Waals surface area contributed by atoms with Gasteiger partial charge in [0.15, 0.2) is 0 Å². The first-order valence-corrected chi connectivity index (χ1v) is 6.29. The van der Waals surface area contributed by atoms with Crippen LogP contribution >= 0.6 is 0 Å². The maximum absolute atomic E-state index is 11.1. The quantitative estimate of drug-likeness (QED) is 0.719. The van der Waals surface area contributed by atoms with Gasteiger partial charge in [-0.05, 0) is 12.8 Å². The van der Waals surface area contributed by atoms with Crippen molar-refractivity contribution in [3.63, 3.8) is 0 Å². The van der Waals surface area contributed by atoms with Crippen LogP contribution in [0.1, 0.15) is 34.6 Å². The van der Waals surface area contributed by atoms with Gasteiger partial charge < -0.3 is 14.2 Å². The van der Waals surface area contributed by atoms with E-state index >= 15 is 0 Å². The normalized spacial score (nSPS) is 35.9. The van der Waals surface area contributed by atoms with E-state index in [4.69, 9.17) is 14.2 Å². The number of hydrogen-bond acceptors (Lipinski definition) is 5. The van der Waals surface area contributed by atoms with Crippen LogP contribution in [0.15, 0.2) is 0 Å². The molecule has 0 saturated carbocycles. The highest BCUT2D eigenvalue weighted by Gasteiger charge is 2.41. The Labute approximate surface area is 108 Å². The van der Waals surface area contributed by atoms with Crippen LogP contribution in [0.4, 0.5) is 0 Å². The van der Waals surface area contributed by atoms with Crippen LogP contribution in [0.3, 0.4) is 0 Å². The SMILES string of the molecule is CC(=O)OCC1O[C@@H](C)C(OC(C)=O)[C@@H](C)[C@H]1C. The van der Waals surface area contributed by atoms with E-state index in [0.717, 1.165) is 0 Å². The molecule has 0 aromatic heterocycles. The van der Waals surface area contributed by atoms with Gasteiger partial charge in [-0.25, -0.2) is 0 Å². The standard InChI is InChI=1S/C13H22O5/c1-7-8(2)13(18-11(5)15)9(3)17-12(7)6-16-10(4)14/h7-9,12-13H,6H2,1-5H3/t7-,8+,9+,12?,13?/m1/s1. The predicted molar refractivity (Wildman–Crippen MR) is 64.9 cm³/mol. The van der Waals surface area contributed by atoms with Crippen molar-refractivity contribution in [3.8, 4) is 0 Å². The van der Waals surface area contributed by atoms with Crippen LogP contribution in [0.25, 0.3) is 0 Å². The summed E-state index contributed by atoms with van der Waals surface area (Å²) in [4.78, 5) is 21.9. The average molecular weight is 258 g/mol. The Morgan fingerprint density at radius 3 is 2.17 bits per heavy atom. The smallest absolute Gasteiger partial charge is 0.303 e. The van der Waals surface area contributed by atoms with E-state index in [1.54, 1.807) is 0 Å². The Hall–Kier alpha value is -1.10. The lowest BCUT2D eigenvalue weighted by Crippen LogP contribution is -2.51. The van der Waals surface area contributed by atoms with Gasteiger partial charge in [0, 0.05) is 19.8 Å². The van der Waals surface area contributed by atoms with Gasteiger partial charge in [-0.15, -0.1) is 0 Å². The van der Waals surface area contributed by atoms with E-state index in [0.29, 0.717) is 0 Å². The van der Waals surface area contributed by atoms with E-state index in [9.17, 15) is 9.59 Å². The van der Waals surface area contributed by atoms with Gasteiger partial charge in [-0.3, -0.25) is 9.59 Å². The van der Waals surface area contributed by atoms with Crippen LogP contribution in [0.5, 0.6) is 0 Å². The van der Waals surface area contributed by atoms with Gasteiger partial charge in [0.05, 0.1) is 12.2 Å². The molecule has 0 N–H and O–H groups in total. The molecule has 5 atom stereocenters. The summed E-state index contributed by atoms with van der Waals surface area (Å²) in [5.41, 5.74) is 0. The minimum absolute atomic E-state index is 0.147. The number of hydrogen-bond donors (Lipinski definition) is 0. The monoisotopic (exact) mass is 258 g/mol. The van der Waals surface area contributed by atoms with Gasteiger partial charge in [-0.2, -0.15) is 0 Å². The Morgan fingerprint density at radius 2 is 1.67 bits per heavy atom. The van der Waals surface area contributed by atoms with Gasteiger partial charge in [-0.1, -0.05) is 13.8 Å². The molecule has 1 fully saturated rings. The van der Waals surface area contributed by atoms with Crippen molar-refractivity contribution in [1.82, 2.24) is 0 Å². The molecule has 0 aromatic carbocycles. The molecule has 18 heavy (non-hydrogen) atoms. The fraction of sp³-hybridized carbons (Fsp3) is 0.846. The molecule has 0 bridgehead atoms. The minimum atomic E-state index is -0.312. The molecule has 2 unspecified atom stereocenters. The van der Waals surface area contributed by atoms with E-state index in [2.05, 4.69) is 0 Å². The molecule has 1 saturated heterocycles. The number of rotatable bonds is 3. The summed E-state index contributed by atoms with van der Waals surface area (Å²) in [6.07, 6.45) is -0.586. The third-order valence-corrected chi connectivity index (χ3v) is 3.54. The molecule has 5 heteroatoms. The van der Waals surface area contributed by atoms with Gasteiger partial charge in [0.25, 0.3) is 0 Å². The molecule has 104 valence electrons. The first kappa shape index (κ1) is 15.0. The van der Waals surface area contributed by atoms with Crippen molar-refractivity contribution in [2.24, 2.45) is 11.8 Å². The summed E-state index contributed by atoms with van der Waals surface area (Å²) in [6, 6.07) is 0. The average Bonchev–Trinajstić information content (AvgIpc) is 2.27. The summed E-state index contributed by atoms with van der Waals surface area (Å²) >= 11 is 0. The van der Waals surface area contributed by atoms with Gasteiger partial charge in [0.2, 0.25) is 0 Å². The second-order valence-electron chi connectivity index (χ2n) is 4.97. The fourth-order valence-corrected chi connectivity index (χ4v) is 2.33. The maximum atomic E-state index is 11.1. The first-order valence-electron chi connectivity index (χ1n) is 6.29. The predicted octanol–water partition coefficient (Wildman–Crippen LogP) is 1.54. The Balaban J connectivity index is 2.64. The third kappa shape index (κ3) is 3.70. The van der Waals surface area contributed by atoms with Crippen molar-refractivity contribution in [3.05, 3.63) is 0 Å². The fourth-order valence-electron chi connectivity index (χ4n) is 2.33. The molecule has 0 amide bonds. The zero-order valence-corrected chi connectivity index (χ0v) is 11.6. The Bertz CT molecular complexity index is 313. The van der Waals surface area contributed by atoms with E-state index in [1.165, 1.54) is 13.8 Å². The molecule has 0 aromatic rings. The highest BCUT2D eigenvalue weighted by atomic mass is 16.6.